The Morgan fingerprint density at radius 1 is 0.318 bits per heavy atom. The first-order valence-corrected chi connectivity index (χ1v) is 23.1. The Bertz CT molecular complexity index is 3840. The SMILES string of the molecule is c1ccc(-c2c3ccccc3c(-c3ccc(-c4nc(-c5ccc(-c6cc7ccccc7s6)cc5)nc(-c5ccccc5-n5c6ccccc6c6ccccc65)n4)cc3)c3ccccc23)cc1. The minimum atomic E-state index is 0.610. The van der Waals surface area contributed by atoms with Crippen molar-refractivity contribution in [1.82, 2.24) is 19.5 Å². The number of thiophene rings is 1. The van der Waals surface area contributed by atoms with Gasteiger partial charge in [-0.3, -0.25) is 0 Å². The molecule has 0 saturated carbocycles. The summed E-state index contributed by atoms with van der Waals surface area (Å²) < 4.78 is 3.62. The molecule has 0 aliphatic heterocycles. The summed E-state index contributed by atoms with van der Waals surface area (Å²) >= 11 is 1.81. The van der Waals surface area contributed by atoms with E-state index >= 15 is 0 Å². The van der Waals surface area contributed by atoms with Gasteiger partial charge in [-0.15, -0.1) is 11.3 Å². The van der Waals surface area contributed by atoms with E-state index in [0.29, 0.717) is 17.5 Å². The molecule has 4 nitrogen and oxygen atoms in total. The third kappa shape index (κ3) is 6.32. The van der Waals surface area contributed by atoms with Crippen LogP contribution in [0.1, 0.15) is 0 Å². The van der Waals surface area contributed by atoms with Gasteiger partial charge in [0.25, 0.3) is 0 Å². The minimum Gasteiger partial charge on any atom is -0.309 e. The standard InChI is InChI=1S/C61H38N4S/c1-2-16-40(17-3-1)57-47-21-5-7-23-49(47)58(50-24-8-6-22-48(50)57)41-32-36-43(37-33-41)60-62-59(42-34-30-39(31-35-42)56-38-44-18-4-15-29-55(44)66-56)63-61(64-60)51-25-11-14-28-54(51)65-52-26-12-9-19-45(52)46-20-10-13-27-53(46)65/h1-38H. The Morgan fingerprint density at radius 3 is 1.32 bits per heavy atom. The number of hydrogen-bond acceptors (Lipinski definition) is 4. The van der Waals surface area contributed by atoms with Crippen LogP contribution in [0.5, 0.6) is 0 Å². The average Bonchev–Trinajstić information content (AvgIpc) is 3.98. The highest BCUT2D eigenvalue weighted by atomic mass is 32.1. The monoisotopic (exact) mass is 858 g/mol. The van der Waals surface area contributed by atoms with Gasteiger partial charge in [0, 0.05) is 37.0 Å². The fraction of sp³-hybridized carbons (Fsp3) is 0. The van der Waals surface area contributed by atoms with E-state index in [-0.39, 0.29) is 0 Å². The Kier molecular flexibility index (Phi) is 9.00. The molecule has 0 N–H and O–H groups in total. The molecule has 13 rings (SSSR count). The summed E-state index contributed by atoms with van der Waals surface area (Å²) in [5.41, 5.74) is 12.0. The van der Waals surface area contributed by atoms with Crippen LogP contribution in [0.15, 0.2) is 231 Å². The van der Waals surface area contributed by atoms with Crippen molar-refractivity contribution in [3.8, 4) is 72.5 Å². The van der Waals surface area contributed by atoms with Crippen LogP contribution in [0.3, 0.4) is 0 Å². The van der Waals surface area contributed by atoms with Gasteiger partial charge in [-0.1, -0.05) is 194 Å². The first-order valence-electron chi connectivity index (χ1n) is 22.3. The van der Waals surface area contributed by atoms with E-state index in [4.69, 9.17) is 15.0 Å². The third-order valence-electron chi connectivity index (χ3n) is 12.9. The zero-order valence-corrected chi connectivity index (χ0v) is 36.5. The molecule has 13 aromatic rings. The van der Waals surface area contributed by atoms with Crippen LogP contribution in [0.25, 0.3) is 126 Å². The quantitative estimate of drug-likeness (QED) is 0.150. The Hall–Kier alpha value is -8.51. The molecular weight excluding hydrogens is 821 g/mol. The predicted octanol–water partition coefficient (Wildman–Crippen LogP) is 16.5. The fourth-order valence-corrected chi connectivity index (χ4v) is 10.9. The number of para-hydroxylation sites is 3. The zero-order chi connectivity index (χ0) is 43.6. The Morgan fingerprint density at radius 2 is 0.742 bits per heavy atom. The molecule has 0 spiro atoms. The second kappa shape index (κ2) is 15.6. The second-order valence-corrected chi connectivity index (χ2v) is 17.8. The van der Waals surface area contributed by atoms with Crippen LogP contribution in [0.4, 0.5) is 0 Å². The van der Waals surface area contributed by atoms with Crippen LogP contribution in [-0.4, -0.2) is 19.5 Å². The molecule has 0 aliphatic carbocycles. The minimum absolute atomic E-state index is 0.610. The molecule has 0 fully saturated rings. The molecule has 0 saturated heterocycles. The second-order valence-electron chi connectivity index (χ2n) is 16.7. The first kappa shape index (κ1) is 38.0. The van der Waals surface area contributed by atoms with E-state index in [9.17, 15) is 0 Å². The lowest BCUT2D eigenvalue weighted by Gasteiger charge is -2.18. The van der Waals surface area contributed by atoms with Crippen molar-refractivity contribution >= 4 is 64.8 Å². The molecule has 5 heteroatoms. The molecule has 0 aliphatic rings. The molecule has 308 valence electrons. The molecule has 0 radical (unpaired) electrons. The summed E-state index contributed by atoms with van der Waals surface area (Å²) in [6, 6.07) is 82.2. The van der Waals surface area contributed by atoms with E-state index < -0.39 is 0 Å². The highest BCUT2D eigenvalue weighted by molar-refractivity contribution is 7.22. The molecule has 0 atom stereocenters. The molecule has 0 bridgehead atoms. The van der Waals surface area contributed by atoms with Crippen molar-refractivity contribution < 1.29 is 0 Å². The van der Waals surface area contributed by atoms with Crippen LogP contribution in [0, 0.1) is 0 Å². The third-order valence-corrected chi connectivity index (χ3v) is 14.0. The number of aromatic nitrogens is 4. The van der Waals surface area contributed by atoms with Gasteiger partial charge in [0.15, 0.2) is 17.5 Å². The van der Waals surface area contributed by atoms with Crippen LogP contribution >= 0.6 is 11.3 Å². The number of rotatable bonds is 7. The van der Waals surface area contributed by atoms with E-state index in [1.165, 1.54) is 69.5 Å². The molecular formula is C61H38N4S. The lowest BCUT2D eigenvalue weighted by molar-refractivity contribution is 1.06. The van der Waals surface area contributed by atoms with Crippen LogP contribution in [-0.2, 0) is 0 Å². The molecule has 3 heterocycles. The number of fused-ring (bicyclic) bond motifs is 6. The number of benzene rings is 10. The van der Waals surface area contributed by atoms with Gasteiger partial charge in [0.1, 0.15) is 0 Å². The molecule has 66 heavy (non-hydrogen) atoms. The highest BCUT2D eigenvalue weighted by Crippen LogP contribution is 2.44. The Balaban J connectivity index is 0.976. The molecule has 10 aromatic carbocycles. The summed E-state index contributed by atoms with van der Waals surface area (Å²) in [6.07, 6.45) is 0. The van der Waals surface area contributed by atoms with Crippen molar-refractivity contribution in [3.05, 3.63) is 231 Å². The van der Waals surface area contributed by atoms with E-state index in [1.807, 2.05) is 11.3 Å². The maximum atomic E-state index is 5.33. The van der Waals surface area contributed by atoms with E-state index in [2.05, 4.69) is 235 Å². The van der Waals surface area contributed by atoms with Gasteiger partial charge in [0.05, 0.1) is 16.7 Å². The van der Waals surface area contributed by atoms with Gasteiger partial charge in [-0.2, -0.15) is 0 Å². The molecule has 0 amide bonds. The van der Waals surface area contributed by atoms with Crippen molar-refractivity contribution in [2.24, 2.45) is 0 Å². The zero-order valence-electron chi connectivity index (χ0n) is 35.6. The summed E-state index contributed by atoms with van der Waals surface area (Å²) in [4.78, 5) is 17.1. The van der Waals surface area contributed by atoms with Crippen molar-refractivity contribution in [3.63, 3.8) is 0 Å². The average molecular weight is 859 g/mol. The fourth-order valence-electron chi connectivity index (χ4n) is 9.84. The summed E-state index contributed by atoms with van der Waals surface area (Å²) in [7, 11) is 0. The van der Waals surface area contributed by atoms with Crippen LogP contribution < -0.4 is 0 Å². The molecule has 3 aromatic heterocycles. The van der Waals surface area contributed by atoms with Crippen molar-refractivity contribution in [1.29, 1.82) is 0 Å². The van der Waals surface area contributed by atoms with Crippen molar-refractivity contribution in [2.75, 3.05) is 0 Å². The number of nitrogens with zero attached hydrogens (tertiary/aromatic N) is 4. The van der Waals surface area contributed by atoms with Gasteiger partial charge in [0.2, 0.25) is 0 Å². The topological polar surface area (TPSA) is 43.6 Å². The lowest BCUT2D eigenvalue weighted by Crippen LogP contribution is -2.03. The number of hydrogen-bond donors (Lipinski definition) is 0. The maximum absolute atomic E-state index is 5.33. The Labute approximate surface area is 385 Å². The summed E-state index contributed by atoms with van der Waals surface area (Å²) in [6.45, 7) is 0. The van der Waals surface area contributed by atoms with Gasteiger partial charge in [-0.25, -0.2) is 15.0 Å². The summed E-state index contributed by atoms with van der Waals surface area (Å²) in [5.74, 6) is 1.84. The van der Waals surface area contributed by atoms with E-state index in [1.54, 1.807) is 0 Å². The van der Waals surface area contributed by atoms with Gasteiger partial charge >= 0.3 is 0 Å². The van der Waals surface area contributed by atoms with Gasteiger partial charge in [-0.05, 0) is 91.1 Å². The summed E-state index contributed by atoms with van der Waals surface area (Å²) in [5, 5.41) is 8.55. The van der Waals surface area contributed by atoms with E-state index in [0.717, 1.165) is 39.0 Å². The normalized spacial score (nSPS) is 11.6. The smallest absolute Gasteiger partial charge is 0.166 e. The highest BCUT2D eigenvalue weighted by Gasteiger charge is 2.21. The van der Waals surface area contributed by atoms with Crippen molar-refractivity contribution in [2.45, 2.75) is 0 Å². The largest absolute Gasteiger partial charge is 0.309 e. The molecule has 0 unspecified atom stereocenters. The van der Waals surface area contributed by atoms with Gasteiger partial charge < -0.3 is 4.57 Å². The van der Waals surface area contributed by atoms with Crippen LogP contribution in [0.2, 0.25) is 0 Å². The lowest BCUT2D eigenvalue weighted by atomic mass is 9.86. The first-order chi connectivity index (χ1) is 32.7. The maximum Gasteiger partial charge on any atom is 0.166 e. The predicted molar refractivity (Wildman–Crippen MR) is 277 cm³/mol.